The van der Waals surface area contributed by atoms with Crippen molar-refractivity contribution >= 4 is 11.7 Å². The summed E-state index contributed by atoms with van der Waals surface area (Å²) in [5.74, 6) is 0.413. The van der Waals surface area contributed by atoms with Crippen molar-refractivity contribution in [2.45, 2.75) is 38.3 Å². The van der Waals surface area contributed by atoms with Crippen LogP contribution in [-0.4, -0.2) is 28.6 Å². The number of nitrogens with zero attached hydrogens (tertiary/aromatic N) is 2. The third kappa shape index (κ3) is 2.61. The molecule has 0 spiro atoms. The van der Waals surface area contributed by atoms with Gasteiger partial charge >= 0.3 is 0 Å². The van der Waals surface area contributed by atoms with E-state index in [-0.39, 0.29) is 11.9 Å². The molecule has 98 valence electrons. The molecule has 1 aliphatic heterocycles. The third-order valence-corrected chi connectivity index (χ3v) is 3.38. The van der Waals surface area contributed by atoms with Crippen LogP contribution in [0.1, 0.15) is 37.9 Å². The topological polar surface area (TPSA) is 79.5 Å². The Morgan fingerprint density at radius 3 is 3.06 bits per heavy atom. The number of carbonyl (C=O) groups is 1. The quantitative estimate of drug-likeness (QED) is 0.837. The number of aromatic nitrogens is 1. The molecule has 3 N–H and O–H groups in total. The van der Waals surface area contributed by atoms with Gasteiger partial charge in [-0.1, -0.05) is 0 Å². The molecule has 5 heteroatoms. The van der Waals surface area contributed by atoms with Gasteiger partial charge in [0.2, 0.25) is 5.91 Å². The molecule has 1 amide bonds. The van der Waals surface area contributed by atoms with E-state index in [1.54, 1.807) is 19.2 Å². The molecule has 1 fully saturated rings. The number of piperidine rings is 1. The van der Waals surface area contributed by atoms with Crippen LogP contribution in [0.4, 0.5) is 5.82 Å². The first kappa shape index (κ1) is 12.8. The van der Waals surface area contributed by atoms with Crippen LogP contribution in [0.2, 0.25) is 0 Å². The first-order valence-electron chi connectivity index (χ1n) is 6.29. The molecule has 2 rings (SSSR count). The second-order valence-electron chi connectivity index (χ2n) is 4.73. The fourth-order valence-electron chi connectivity index (χ4n) is 2.35. The van der Waals surface area contributed by atoms with Crippen molar-refractivity contribution < 1.29 is 9.90 Å². The van der Waals surface area contributed by atoms with E-state index in [0.717, 1.165) is 37.2 Å². The van der Waals surface area contributed by atoms with Gasteiger partial charge in [-0.2, -0.15) is 0 Å². The molecule has 2 heterocycles. The molecular weight excluding hydrogens is 230 g/mol. The van der Waals surface area contributed by atoms with Gasteiger partial charge in [0, 0.05) is 12.7 Å². The van der Waals surface area contributed by atoms with E-state index in [1.165, 1.54) is 0 Å². The molecule has 1 saturated heterocycles. The maximum absolute atomic E-state index is 11.5. The summed E-state index contributed by atoms with van der Waals surface area (Å²) in [6.07, 6.45) is 3.94. The van der Waals surface area contributed by atoms with Crippen LogP contribution in [0.15, 0.2) is 18.3 Å². The van der Waals surface area contributed by atoms with Crippen molar-refractivity contribution in [1.82, 2.24) is 4.98 Å². The highest BCUT2D eigenvalue weighted by Crippen LogP contribution is 2.25. The minimum absolute atomic E-state index is 0.282. The van der Waals surface area contributed by atoms with E-state index < -0.39 is 6.10 Å². The summed E-state index contributed by atoms with van der Waals surface area (Å²) in [6.45, 7) is 2.49. The monoisotopic (exact) mass is 249 g/mol. The summed E-state index contributed by atoms with van der Waals surface area (Å²) in [7, 11) is 0. The Hall–Kier alpha value is -1.62. The zero-order chi connectivity index (χ0) is 13.1. The van der Waals surface area contributed by atoms with Crippen molar-refractivity contribution in [3.05, 3.63) is 23.9 Å². The Kier molecular flexibility index (Phi) is 3.81. The highest BCUT2D eigenvalue weighted by Gasteiger charge is 2.28. The lowest BCUT2D eigenvalue weighted by Crippen LogP contribution is -2.48. The maximum Gasteiger partial charge on any atom is 0.240 e. The van der Waals surface area contributed by atoms with E-state index in [2.05, 4.69) is 4.98 Å². The smallest absolute Gasteiger partial charge is 0.240 e. The summed E-state index contributed by atoms with van der Waals surface area (Å²) < 4.78 is 0. The fraction of sp³-hybridized carbons (Fsp3) is 0.538. The van der Waals surface area contributed by atoms with Gasteiger partial charge in [0.15, 0.2) is 0 Å². The standard InChI is InChI=1S/C13H19N3O2/c1-9(17)10-5-6-15-12(8-10)16-7-3-2-4-11(16)13(14)18/h5-6,8-9,11,17H,2-4,7H2,1H3,(H2,14,18)/t9-,11?/m1/s1. The minimum atomic E-state index is -0.538. The zero-order valence-electron chi connectivity index (χ0n) is 10.5. The van der Waals surface area contributed by atoms with E-state index in [0.29, 0.717) is 0 Å². The summed E-state index contributed by atoms with van der Waals surface area (Å²) in [5, 5.41) is 9.58. The predicted molar refractivity (Wildman–Crippen MR) is 69.1 cm³/mol. The zero-order valence-corrected chi connectivity index (χ0v) is 10.5. The lowest BCUT2D eigenvalue weighted by Gasteiger charge is -2.34. The Morgan fingerprint density at radius 2 is 2.39 bits per heavy atom. The normalized spacial score (nSPS) is 21.7. The largest absolute Gasteiger partial charge is 0.389 e. The molecule has 2 atom stereocenters. The molecule has 0 bridgehead atoms. The summed E-state index contributed by atoms with van der Waals surface area (Å²) in [5.41, 5.74) is 6.23. The first-order valence-corrected chi connectivity index (χ1v) is 6.29. The lowest BCUT2D eigenvalue weighted by molar-refractivity contribution is -0.119. The Balaban J connectivity index is 2.28. The van der Waals surface area contributed by atoms with Crippen LogP contribution >= 0.6 is 0 Å². The number of hydrogen-bond acceptors (Lipinski definition) is 4. The second kappa shape index (κ2) is 5.35. The van der Waals surface area contributed by atoms with Crippen LogP contribution in [-0.2, 0) is 4.79 Å². The van der Waals surface area contributed by atoms with E-state index in [1.807, 2.05) is 11.0 Å². The highest BCUT2D eigenvalue weighted by atomic mass is 16.3. The fourth-order valence-corrected chi connectivity index (χ4v) is 2.35. The number of nitrogens with two attached hydrogens (primary N) is 1. The van der Waals surface area contributed by atoms with Crippen LogP contribution in [0.25, 0.3) is 0 Å². The molecule has 0 aromatic carbocycles. The summed E-state index contributed by atoms with van der Waals surface area (Å²) in [6, 6.07) is 3.32. The number of anilines is 1. The summed E-state index contributed by atoms with van der Waals surface area (Å²) in [4.78, 5) is 17.7. The molecule has 0 saturated carbocycles. The third-order valence-electron chi connectivity index (χ3n) is 3.38. The number of primary amides is 1. The molecule has 5 nitrogen and oxygen atoms in total. The molecule has 18 heavy (non-hydrogen) atoms. The van der Waals surface area contributed by atoms with Crippen LogP contribution < -0.4 is 10.6 Å². The Morgan fingerprint density at radius 1 is 1.61 bits per heavy atom. The number of amides is 1. The van der Waals surface area contributed by atoms with Gasteiger partial charge in [-0.3, -0.25) is 4.79 Å². The van der Waals surface area contributed by atoms with Gasteiger partial charge in [0.1, 0.15) is 11.9 Å². The molecule has 0 radical (unpaired) electrons. The van der Waals surface area contributed by atoms with Crippen LogP contribution in [0, 0.1) is 0 Å². The Labute approximate surface area is 107 Å². The van der Waals surface area contributed by atoms with E-state index in [4.69, 9.17) is 5.73 Å². The highest BCUT2D eigenvalue weighted by molar-refractivity contribution is 5.83. The van der Waals surface area contributed by atoms with Crippen LogP contribution in [0.5, 0.6) is 0 Å². The first-order chi connectivity index (χ1) is 8.59. The van der Waals surface area contributed by atoms with Gasteiger partial charge < -0.3 is 15.7 Å². The van der Waals surface area contributed by atoms with Gasteiger partial charge in [0.25, 0.3) is 0 Å². The van der Waals surface area contributed by atoms with Gasteiger partial charge in [-0.15, -0.1) is 0 Å². The average Bonchev–Trinajstić information content (AvgIpc) is 2.39. The van der Waals surface area contributed by atoms with Crippen molar-refractivity contribution in [2.24, 2.45) is 5.73 Å². The molecule has 1 unspecified atom stereocenters. The average molecular weight is 249 g/mol. The molecule has 0 aliphatic carbocycles. The van der Waals surface area contributed by atoms with E-state index >= 15 is 0 Å². The van der Waals surface area contributed by atoms with Crippen molar-refractivity contribution in [3.8, 4) is 0 Å². The number of carbonyl (C=O) groups excluding carboxylic acids is 1. The lowest BCUT2D eigenvalue weighted by atomic mass is 10.0. The number of aliphatic hydroxyl groups is 1. The summed E-state index contributed by atoms with van der Waals surface area (Å²) >= 11 is 0. The van der Waals surface area contributed by atoms with Crippen molar-refractivity contribution in [1.29, 1.82) is 0 Å². The van der Waals surface area contributed by atoms with Gasteiger partial charge in [-0.25, -0.2) is 4.98 Å². The number of rotatable bonds is 3. The molecule has 1 aliphatic rings. The molecule has 1 aromatic heterocycles. The van der Waals surface area contributed by atoms with Crippen molar-refractivity contribution in [2.75, 3.05) is 11.4 Å². The molecule has 1 aromatic rings. The van der Waals surface area contributed by atoms with Crippen LogP contribution in [0.3, 0.4) is 0 Å². The Bertz CT molecular complexity index is 434. The number of aliphatic hydroxyl groups excluding tert-OH is 1. The van der Waals surface area contributed by atoms with Gasteiger partial charge in [-0.05, 0) is 43.9 Å². The van der Waals surface area contributed by atoms with E-state index in [9.17, 15) is 9.90 Å². The number of pyridine rings is 1. The minimum Gasteiger partial charge on any atom is -0.389 e. The SMILES string of the molecule is C[C@@H](O)c1ccnc(N2CCCCC2C(N)=O)c1. The van der Waals surface area contributed by atoms with Gasteiger partial charge in [0.05, 0.1) is 6.10 Å². The van der Waals surface area contributed by atoms with Crippen molar-refractivity contribution in [3.63, 3.8) is 0 Å². The molecular formula is C13H19N3O2. The predicted octanol–water partition coefficient (Wildman–Crippen LogP) is 0.979. The number of hydrogen-bond donors (Lipinski definition) is 2. The maximum atomic E-state index is 11.5. The second-order valence-corrected chi connectivity index (χ2v) is 4.73.